The van der Waals surface area contributed by atoms with Crippen LogP contribution in [0.1, 0.15) is 22.3 Å². The van der Waals surface area contributed by atoms with Gasteiger partial charge in [-0.15, -0.1) is 0 Å². The Morgan fingerprint density at radius 2 is 1.58 bits per heavy atom. The highest BCUT2D eigenvalue weighted by atomic mass is 16.6. The van der Waals surface area contributed by atoms with Gasteiger partial charge in [0.25, 0.3) is 0 Å². The molecule has 0 bridgehead atoms. The van der Waals surface area contributed by atoms with Gasteiger partial charge in [-0.25, -0.2) is 9.59 Å². The Bertz CT molecular complexity index is 1240. The highest BCUT2D eigenvalue weighted by Crippen LogP contribution is 2.25. The largest absolute Gasteiger partial charge is 0.482 e. The molecule has 0 saturated carbocycles. The molecule has 0 spiro atoms. The van der Waals surface area contributed by atoms with Crippen LogP contribution in [0.4, 0.5) is 0 Å². The van der Waals surface area contributed by atoms with E-state index in [2.05, 4.69) is 0 Å². The van der Waals surface area contributed by atoms with Gasteiger partial charge in [-0.05, 0) is 35.7 Å². The molecule has 0 atom stereocenters. The number of esters is 1. The molecule has 4 rings (SSSR count). The molecule has 0 unspecified atom stereocenters. The Balaban J connectivity index is 1.45. The van der Waals surface area contributed by atoms with Crippen molar-refractivity contribution in [2.45, 2.75) is 20.0 Å². The fourth-order valence-electron chi connectivity index (χ4n) is 3.39. The molecule has 5 heteroatoms. The van der Waals surface area contributed by atoms with Gasteiger partial charge in [-0.2, -0.15) is 0 Å². The van der Waals surface area contributed by atoms with Crippen LogP contribution in [-0.2, 0) is 22.6 Å². The average Bonchev–Trinajstić information content (AvgIpc) is 2.80. The smallest absolute Gasteiger partial charge is 0.344 e. The Labute approximate surface area is 179 Å². The summed E-state index contributed by atoms with van der Waals surface area (Å²) in [6.07, 6.45) is 0.510. The molecule has 0 radical (unpaired) electrons. The Hall–Kier alpha value is -3.86. The van der Waals surface area contributed by atoms with Crippen LogP contribution in [0.25, 0.3) is 11.0 Å². The van der Waals surface area contributed by atoms with Gasteiger partial charge in [0.15, 0.2) is 6.61 Å². The topological polar surface area (TPSA) is 65.7 Å². The zero-order valence-electron chi connectivity index (χ0n) is 17.2. The Morgan fingerprint density at radius 1 is 0.903 bits per heavy atom. The van der Waals surface area contributed by atoms with Gasteiger partial charge >= 0.3 is 11.6 Å². The van der Waals surface area contributed by atoms with Gasteiger partial charge in [0.1, 0.15) is 17.9 Å². The van der Waals surface area contributed by atoms with Crippen LogP contribution in [0.3, 0.4) is 0 Å². The predicted octanol–water partition coefficient (Wildman–Crippen LogP) is 4.81. The number of benzene rings is 3. The number of hydrogen-bond donors (Lipinski definition) is 0. The molecule has 4 aromatic rings. The lowest BCUT2D eigenvalue weighted by Gasteiger charge is -2.10. The first kappa shape index (κ1) is 20.4. The van der Waals surface area contributed by atoms with E-state index in [0.29, 0.717) is 23.3 Å². The Kier molecular flexibility index (Phi) is 6.13. The molecule has 0 aliphatic rings. The summed E-state index contributed by atoms with van der Waals surface area (Å²) < 4.78 is 16.3. The van der Waals surface area contributed by atoms with Crippen LogP contribution >= 0.6 is 0 Å². The van der Waals surface area contributed by atoms with Crippen molar-refractivity contribution in [3.8, 4) is 5.75 Å². The summed E-state index contributed by atoms with van der Waals surface area (Å²) in [6.45, 7) is 1.88. The number of rotatable bonds is 7. The molecule has 0 fully saturated rings. The van der Waals surface area contributed by atoms with Crippen molar-refractivity contribution in [2.75, 3.05) is 6.61 Å². The molecule has 0 N–H and O–H groups in total. The quantitative estimate of drug-likeness (QED) is 0.321. The summed E-state index contributed by atoms with van der Waals surface area (Å²) in [4.78, 5) is 24.5. The van der Waals surface area contributed by atoms with Gasteiger partial charge in [0, 0.05) is 23.4 Å². The number of carbonyl (C=O) groups excluding carboxylic acids is 1. The van der Waals surface area contributed by atoms with E-state index in [1.165, 1.54) is 0 Å². The second kappa shape index (κ2) is 9.30. The van der Waals surface area contributed by atoms with E-state index >= 15 is 0 Å². The van der Waals surface area contributed by atoms with Crippen LogP contribution in [0.15, 0.2) is 88.1 Å². The van der Waals surface area contributed by atoms with E-state index in [4.69, 9.17) is 13.9 Å². The molecule has 0 aliphatic carbocycles. The molecule has 5 nitrogen and oxygen atoms in total. The van der Waals surface area contributed by atoms with Crippen molar-refractivity contribution in [3.05, 3.63) is 112 Å². The molecular weight excluding hydrogens is 392 g/mol. The highest BCUT2D eigenvalue weighted by Gasteiger charge is 2.13. The molecule has 0 aliphatic heterocycles. The molecule has 156 valence electrons. The molecule has 3 aromatic carbocycles. The van der Waals surface area contributed by atoms with Crippen LogP contribution in [0.5, 0.6) is 5.75 Å². The number of ether oxygens (including phenoxy) is 2. The third-order valence-electron chi connectivity index (χ3n) is 5.08. The van der Waals surface area contributed by atoms with E-state index in [-0.39, 0.29) is 18.8 Å². The first-order chi connectivity index (χ1) is 15.1. The number of fused-ring (bicyclic) bond motifs is 1. The SMILES string of the molecule is Cc1c(Cc2ccccc2)c(=O)oc2cc(OCC(=O)OCc3ccccc3)ccc12. The zero-order chi connectivity index (χ0) is 21.6. The van der Waals surface area contributed by atoms with Crippen LogP contribution in [0, 0.1) is 6.92 Å². The lowest BCUT2D eigenvalue weighted by molar-refractivity contribution is -0.147. The molecular formula is C26H22O5. The minimum Gasteiger partial charge on any atom is -0.482 e. The van der Waals surface area contributed by atoms with Crippen molar-refractivity contribution >= 4 is 16.9 Å². The summed E-state index contributed by atoms with van der Waals surface area (Å²) in [7, 11) is 0. The number of aryl methyl sites for hydroxylation is 1. The number of carbonyl (C=O) groups is 1. The fraction of sp³-hybridized carbons (Fsp3) is 0.154. The molecule has 1 heterocycles. The van der Waals surface area contributed by atoms with E-state index < -0.39 is 5.97 Å². The highest BCUT2D eigenvalue weighted by molar-refractivity contribution is 5.82. The third kappa shape index (κ3) is 5.01. The van der Waals surface area contributed by atoms with E-state index in [0.717, 1.165) is 22.1 Å². The first-order valence-electron chi connectivity index (χ1n) is 10.0. The van der Waals surface area contributed by atoms with E-state index in [1.807, 2.05) is 73.7 Å². The third-order valence-corrected chi connectivity index (χ3v) is 5.08. The maximum absolute atomic E-state index is 12.6. The second-order valence-electron chi connectivity index (χ2n) is 7.25. The maximum Gasteiger partial charge on any atom is 0.344 e. The van der Waals surface area contributed by atoms with Crippen molar-refractivity contribution in [1.29, 1.82) is 0 Å². The standard InChI is InChI=1S/C26H22O5/c1-18-22-13-12-21(29-17-25(27)30-16-20-10-6-3-7-11-20)15-24(22)31-26(28)23(18)14-19-8-4-2-5-9-19/h2-13,15H,14,16-17H2,1H3. The molecule has 1 aromatic heterocycles. The van der Waals surface area contributed by atoms with Crippen molar-refractivity contribution in [1.82, 2.24) is 0 Å². The molecule has 0 saturated heterocycles. The monoisotopic (exact) mass is 414 g/mol. The lowest BCUT2D eigenvalue weighted by atomic mass is 10.00. The van der Waals surface area contributed by atoms with Gasteiger partial charge in [-0.1, -0.05) is 60.7 Å². The Morgan fingerprint density at radius 3 is 2.29 bits per heavy atom. The molecule has 31 heavy (non-hydrogen) atoms. The predicted molar refractivity (Wildman–Crippen MR) is 118 cm³/mol. The fourth-order valence-corrected chi connectivity index (χ4v) is 3.39. The van der Waals surface area contributed by atoms with Crippen molar-refractivity contribution in [3.63, 3.8) is 0 Å². The van der Waals surface area contributed by atoms with Crippen LogP contribution in [0.2, 0.25) is 0 Å². The van der Waals surface area contributed by atoms with Crippen LogP contribution < -0.4 is 10.4 Å². The number of hydrogen-bond acceptors (Lipinski definition) is 5. The van der Waals surface area contributed by atoms with Gasteiger partial charge in [-0.3, -0.25) is 0 Å². The summed E-state index contributed by atoms with van der Waals surface area (Å²) in [5, 5.41) is 0.838. The minimum absolute atomic E-state index is 0.193. The minimum atomic E-state index is -0.472. The summed E-state index contributed by atoms with van der Waals surface area (Å²) in [5.74, 6) is -0.0395. The summed E-state index contributed by atoms with van der Waals surface area (Å²) in [5.41, 5.74) is 3.53. The normalized spacial score (nSPS) is 10.7. The average molecular weight is 414 g/mol. The maximum atomic E-state index is 12.6. The van der Waals surface area contributed by atoms with E-state index in [1.54, 1.807) is 12.1 Å². The molecule has 0 amide bonds. The van der Waals surface area contributed by atoms with Gasteiger partial charge in [0.2, 0.25) is 0 Å². The second-order valence-corrected chi connectivity index (χ2v) is 7.25. The summed E-state index contributed by atoms with van der Waals surface area (Å²) in [6, 6.07) is 24.5. The summed E-state index contributed by atoms with van der Waals surface area (Å²) >= 11 is 0. The zero-order valence-corrected chi connectivity index (χ0v) is 17.2. The van der Waals surface area contributed by atoms with Crippen molar-refractivity contribution in [2.24, 2.45) is 0 Å². The van der Waals surface area contributed by atoms with Crippen LogP contribution in [-0.4, -0.2) is 12.6 Å². The van der Waals surface area contributed by atoms with Gasteiger partial charge < -0.3 is 13.9 Å². The van der Waals surface area contributed by atoms with Crippen molar-refractivity contribution < 1.29 is 18.7 Å². The lowest BCUT2D eigenvalue weighted by Crippen LogP contribution is -2.15. The van der Waals surface area contributed by atoms with E-state index in [9.17, 15) is 9.59 Å². The van der Waals surface area contributed by atoms with Gasteiger partial charge in [0.05, 0.1) is 0 Å². The first-order valence-corrected chi connectivity index (χ1v) is 10.0.